The molecule has 4 heterocycles. The number of ether oxygens (including phenoxy) is 2. The van der Waals surface area contributed by atoms with Gasteiger partial charge in [-0.15, -0.1) is 0 Å². The molecular formula is C57H73FN14O18. The average molecular weight is 1260 g/mol. The number of carbonyl (C=O) groups excluding carboxylic acids is 14. The highest BCUT2D eigenvalue weighted by atomic mass is 19.1. The summed E-state index contributed by atoms with van der Waals surface area (Å²) in [6.45, 7) is -2.06. The highest BCUT2D eigenvalue weighted by Crippen LogP contribution is 2.46. The third kappa shape index (κ3) is 17.2. The van der Waals surface area contributed by atoms with Crippen molar-refractivity contribution in [3.05, 3.63) is 61.7 Å². The number of carbonyl (C=O) groups is 14. The zero-order valence-electron chi connectivity index (χ0n) is 50.8. The van der Waals surface area contributed by atoms with Crippen LogP contribution in [0.4, 0.5) is 9.18 Å². The van der Waals surface area contributed by atoms with Gasteiger partial charge in [-0.2, -0.15) is 0 Å². The smallest absolute Gasteiger partial charge is 0.407 e. The van der Waals surface area contributed by atoms with E-state index in [4.69, 9.17) is 14.5 Å². The number of aryl methyl sites for hydroxylation is 1. The molecule has 0 bridgehead atoms. The Morgan fingerprint density at radius 1 is 0.700 bits per heavy atom. The number of halogens is 1. The molecule has 32 nitrogen and oxygen atoms in total. The number of esters is 1. The largest absolute Gasteiger partial charge is 0.458 e. The summed E-state index contributed by atoms with van der Waals surface area (Å²) in [6, 6.07) is 2.17. The SMILES string of the molecule is CC[C@@]1(O)C(=O)OCc2c1cc1n(c2=O)Cc2c-1nc1cc(F)c(C)c3c1c2[C@@H](NC(=O)OCCNC(=O)CCCC(=O)NCC(=O)N(C)CC(=O)NCC(=O)N(C)CC(=O)NCC(=O)N(C)CC(=O)NCC(=O)N(C)CC(=O)NCC(=O)N(C)CC=O)CC3. The molecule has 33 heteroatoms. The summed E-state index contributed by atoms with van der Waals surface area (Å²) in [7, 11) is 6.45. The molecule has 486 valence electrons. The lowest BCUT2D eigenvalue weighted by Gasteiger charge is -2.31. The summed E-state index contributed by atoms with van der Waals surface area (Å²) in [5, 5.41) is 29.1. The first kappa shape index (κ1) is 69.2. The highest BCUT2D eigenvalue weighted by molar-refractivity contribution is 5.96. The van der Waals surface area contributed by atoms with Crippen molar-refractivity contribution < 1.29 is 86.1 Å². The van der Waals surface area contributed by atoms with Gasteiger partial charge in [-0.25, -0.2) is 19.0 Å². The van der Waals surface area contributed by atoms with Gasteiger partial charge in [0.1, 0.15) is 25.3 Å². The number of cyclic esters (lactones) is 1. The average Bonchev–Trinajstić information content (AvgIpc) is 1.52. The fraction of sp³-hybridized carbons (Fsp3) is 0.509. The van der Waals surface area contributed by atoms with Crippen molar-refractivity contribution in [1.29, 1.82) is 0 Å². The predicted molar refractivity (Wildman–Crippen MR) is 311 cm³/mol. The molecule has 2 atom stereocenters. The lowest BCUT2D eigenvalue weighted by atomic mass is 9.81. The monoisotopic (exact) mass is 1260 g/mol. The third-order valence-electron chi connectivity index (χ3n) is 15.3. The minimum absolute atomic E-state index is 0.0359. The summed E-state index contributed by atoms with van der Waals surface area (Å²) in [5.74, 6) is -8.57. The normalized spacial score (nSPS) is 14.8. The number of hydrogen-bond donors (Lipinski definition) is 8. The molecule has 8 N–H and O–H groups in total. The van der Waals surface area contributed by atoms with E-state index in [0.29, 0.717) is 63.7 Å². The summed E-state index contributed by atoms with van der Waals surface area (Å²) in [5.41, 5.74) is 0.982. The van der Waals surface area contributed by atoms with Crippen LogP contribution in [0.5, 0.6) is 0 Å². The zero-order valence-corrected chi connectivity index (χ0v) is 50.8. The van der Waals surface area contributed by atoms with E-state index in [9.17, 15) is 77.0 Å². The molecule has 0 fully saturated rings. The van der Waals surface area contributed by atoms with Gasteiger partial charge in [-0.1, -0.05) is 6.92 Å². The lowest BCUT2D eigenvalue weighted by Crippen LogP contribution is -2.48. The molecule has 0 saturated carbocycles. The van der Waals surface area contributed by atoms with Crippen molar-refractivity contribution in [2.24, 2.45) is 0 Å². The van der Waals surface area contributed by atoms with Gasteiger partial charge >= 0.3 is 12.1 Å². The highest BCUT2D eigenvalue weighted by Gasteiger charge is 2.46. The van der Waals surface area contributed by atoms with Gasteiger partial charge in [-0.05, 0) is 55.4 Å². The maximum Gasteiger partial charge on any atom is 0.407 e. The van der Waals surface area contributed by atoms with E-state index in [-0.39, 0.29) is 69.7 Å². The van der Waals surface area contributed by atoms with Crippen molar-refractivity contribution in [2.75, 3.05) is 114 Å². The maximum absolute atomic E-state index is 15.3. The fourth-order valence-corrected chi connectivity index (χ4v) is 10.0. The maximum atomic E-state index is 15.3. The topological polar surface area (TPSA) is 413 Å². The van der Waals surface area contributed by atoms with Crippen molar-refractivity contribution in [2.45, 2.75) is 77.2 Å². The second-order valence-electron chi connectivity index (χ2n) is 21.7. The quantitative estimate of drug-likeness (QED) is 0.0145. The molecule has 0 spiro atoms. The number of aromatic nitrogens is 2. The molecule has 1 aliphatic carbocycles. The predicted octanol–water partition coefficient (Wildman–Crippen LogP) is -4.40. The summed E-state index contributed by atoms with van der Waals surface area (Å²) in [4.78, 5) is 197. The molecule has 12 amide bonds. The Balaban J connectivity index is 0.824. The van der Waals surface area contributed by atoms with Crippen molar-refractivity contribution >= 4 is 94.2 Å². The number of benzene rings is 1. The summed E-state index contributed by atoms with van der Waals surface area (Å²) in [6.07, 6.45) is 0.212. The third-order valence-corrected chi connectivity index (χ3v) is 15.3. The number of rotatable bonds is 29. The second-order valence-corrected chi connectivity index (χ2v) is 21.7. The van der Waals surface area contributed by atoms with Crippen LogP contribution in [0.2, 0.25) is 0 Å². The Morgan fingerprint density at radius 3 is 1.67 bits per heavy atom. The number of fused-ring (bicyclic) bond motifs is 5. The summed E-state index contributed by atoms with van der Waals surface area (Å²) < 4.78 is 27.4. The first-order chi connectivity index (χ1) is 42.6. The van der Waals surface area contributed by atoms with Crippen LogP contribution in [0.25, 0.3) is 22.3 Å². The van der Waals surface area contributed by atoms with Crippen LogP contribution in [0.1, 0.15) is 78.5 Å². The fourth-order valence-electron chi connectivity index (χ4n) is 10.0. The molecule has 3 aromatic rings. The van der Waals surface area contributed by atoms with Gasteiger partial charge in [0, 0.05) is 70.7 Å². The first-order valence-electron chi connectivity index (χ1n) is 28.6. The van der Waals surface area contributed by atoms with E-state index < -0.39 is 159 Å². The Bertz CT molecular complexity index is 3470. The van der Waals surface area contributed by atoms with E-state index in [2.05, 4.69) is 37.2 Å². The van der Waals surface area contributed by atoms with E-state index in [1.165, 1.54) is 45.9 Å². The molecule has 0 radical (unpaired) electrons. The van der Waals surface area contributed by atoms with Crippen LogP contribution in [0.15, 0.2) is 16.9 Å². The van der Waals surface area contributed by atoms with Gasteiger partial charge < -0.3 is 85.7 Å². The second kappa shape index (κ2) is 30.8. The van der Waals surface area contributed by atoms with Crippen molar-refractivity contribution in [1.82, 2.24) is 71.3 Å². The molecule has 0 unspecified atom stereocenters. The molecule has 90 heavy (non-hydrogen) atoms. The minimum Gasteiger partial charge on any atom is -0.458 e. The standard InChI is InChI=1S/C57H73FN14O18/c1-8-57(88)35-18-39-53-33(25-72(39)54(85)34(35)30-90-55(57)86)52-37(13-12-32-31(2)36(58)19-38(65-53)51(32)52)66-56(87)89-17-14-59-40(74)10-9-11-41(75)60-21-47(81)68(4)27-43(77)62-23-49(83)70(6)29-45(79)64-24-50(84)71(7)28-44(78)63-22-48(82)69(5)26-42(76)61-20-46(80)67(3)15-16-73/h16,18-19,37,88H,8-15,17,20-30H2,1-7H3,(H,59,74)(H,60,75)(H,61,76)(H,62,77)(H,63,78)(H,64,79)(H,66,87)/t37-,57-/m0/s1. The van der Waals surface area contributed by atoms with Crippen LogP contribution < -0.4 is 42.8 Å². The van der Waals surface area contributed by atoms with Gasteiger partial charge in [0.05, 0.1) is 107 Å². The zero-order chi connectivity index (χ0) is 66.3. The van der Waals surface area contributed by atoms with E-state index in [1.807, 2.05) is 0 Å². The molecule has 2 aliphatic heterocycles. The number of nitrogens with one attached hydrogen (secondary N) is 7. The molecule has 3 aliphatic rings. The molecular weight excluding hydrogens is 1190 g/mol. The van der Waals surface area contributed by atoms with Crippen LogP contribution in [-0.2, 0) is 97.0 Å². The van der Waals surface area contributed by atoms with Gasteiger partial charge in [0.25, 0.3) is 5.56 Å². The van der Waals surface area contributed by atoms with E-state index in [1.54, 1.807) is 19.9 Å². The molecule has 0 saturated heterocycles. The Morgan fingerprint density at radius 2 is 1.18 bits per heavy atom. The van der Waals surface area contributed by atoms with Crippen molar-refractivity contribution in [3.8, 4) is 11.4 Å². The van der Waals surface area contributed by atoms with Crippen LogP contribution in [-0.4, -0.2) is 236 Å². The van der Waals surface area contributed by atoms with Gasteiger partial charge in [0.15, 0.2) is 5.60 Å². The minimum atomic E-state index is -2.06. The number of alkyl carbamates (subject to hydrolysis) is 1. The van der Waals surface area contributed by atoms with Crippen LogP contribution in [0, 0.1) is 12.7 Å². The molecule has 6 rings (SSSR count). The van der Waals surface area contributed by atoms with Crippen LogP contribution >= 0.6 is 0 Å². The molecule has 1 aromatic carbocycles. The lowest BCUT2D eigenvalue weighted by molar-refractivity contribution is -0.172. The molecule has 2 aromatic heterocycles. The number of aldehydes is 1. The number of aliphatic hydroxyl groups is 1. The Labute approximate surface area is 514 Å². The number of nitrogens with zero attached hydrogens (tertiary/aromatic N) is 7. The summed E-state index contributed by atoms with van der Waals surface area (Å²) >= 11 is 0. The first-order valence-corrected chi connectivity index (χ1v) is 28.6. The Kier molecular flexibility index (Phi) is 23.7. The van der Waals surface area contributed by atoms with Gasteiger partial charge in [-0.3, -0.25) is 57.5 Å². The number of likely N-dealkylation sites (N-methyl/N-ethyl adjacent to an activating group) is 5. The van der Waals surface area contributed by atoms with Crippen molar-refractivity contribution in [3.63, 3.8) is 0 Å². The van der Waals surface area contributed by atoms with E-state index >= 15 is 4.39 Å². The van der Waals surface area contributed by atoms with E-state index in [0.717, 1.165) is 24.5 Å². The Hall–Kier alpha value is -9.95. The van der Waals surface area contributed by atoms with Gasteiger partial charge in [0.2, 0.25) is 65.0 Å². The number of pyridine rings is 2. The number of amides is 12. The van der Waals surface area contributed by atoms with Crippen LogP contribution in [0.3, 0.4) is 0 Å². The number of hydrogen-bond acceptors (Lipinski definition) is 19.